The van der Waals surface area contributed by atoms with E-state index < -0.39 is 5.82 Å². The number of hydrogen-bond donors (Lipinski definition) is 1. The standard InChI is InChI=1S/C26H32FN5O2/c1-17-9-25(27)24(26(33)30-21-5-6-21)11-23(17)20-12-29-32(15-20)22(13-28-3)10-18(2)34-16-19-7-8-31(4)14-19/h9-13,15,19,21H,3,5-8,14,16H2,1-2,4H3,(H,30,33)/b18-10+,22-13+. The number of allylic oxidation sites excluding steroid dienone is 3. The third-order valence-electron chi connectivity index (χ3n) is 6.24. The fourth-order valence-corrected chi connectivity index (χ4v) is 4.17. The number of rotatable bonds is 9. The molecule has 7 nitrogen and oxygen atoms in total. The van der Waals surface area contributed by atoms with Gasteiger partial charge in [-0.25, -0.2) is 9.07 Å². The zero-order chi connectivity index (χ0) is 24.2. The van der Waals surface area contributed by atoms with Crippen LogP contribution in [0.2, 0.25) is 0 Å². The summed E-state index contributed by atoms with van der Waals surface area (Å²) in [5.74, 6) is 0.391. The maximum Gasteiger partial charge on any atom is 0.254 e. The summed E-state index contributed by atoms with van der Waals surface area (Å²) < 4.78 is 22.2. The number of ether oxygens (including phenoxy) is 1. The predicted molar refractivity (Wildman–Crippen MR) is 132 cm³/mol. The molecule has 0 radical (unpaired) electrons. The SMILES string of the molecule is C=N/C=C(\C=C(/C)OCC1CCN(C)C1)n1cc(-c2cc(C(=O)NC3CC3)c(F)cc2C)cn1. The first-order chi connectivity index (χ1) is 16.3. The van der Waals surface area contributed by atoms with Crippen LogP contribution in [-0.2, 0) is 4.74 Å². The first-order valence-corrected chi connectivity index (χ1v) is 11.7. The molecule has 2 fully saturated rings. The highest BCUT2D eigenvalue weighted by atomic mass is 19.1. The molecule has 180 valence electrons. The van der Waals surface area contributed by atoms with Crippen molar-refractivity contribution in [2.75, 3.05) is 26.7 Å². The average molecular weight is 466 g/mol. The number of hydrogen-bond acceptors (Lipinski definition) is 5. The van der Waals surface area contributed by atoms with Gasteiger partial charge in [0.2, 0.25) is 0 Å². The zero-order valence-corrected chi connectivity index (χ0v) is 20.1. The molecule has 0 bridgehead atoms. The van der Waals surface area contributed by atoms with Crippen molar-refractivity contribution in [3.05, 3.63) is 59.5 Å². The highest BCUT2D eigenvalue weighted by Gasteiger charge is 2.26. The summed E-state index contributed by atoms with van der Waals surface area (Å²) in [7, 11) is 2.12. The lowest BCUT2D eigenvalue weighted by Crippen LogP contribution is -2.26. The number of aryl methyl sites for hydroxylation is 1. The summed E-state index contributed by atoms with van der Waals surface area (Å²) in [4.78, 5) is 18.7. The van der Waals surface area contributed by atoms with E-state index in [0.29, 0.717) is 18.2 Å². The molecule has 8 heteroatoms. The van der Waals surface area contributed by atoms with Gasteiger partial charge in [-0.1, -0.05) is 0 Å². The molecule has 1 aliphatic heterocycles. The van der Waals surface area contributed by atoms with Crippen LogP contribution in [0.3, 0.4) is 0 Å². The lowest BCUT2D eigenvalue weighted by molar-refractivity contribution is 0.0947. The van der Waals surface area contributed by atoms with Crippen LogP contribution < -0.4 is 5.32 Å². The van der Waals surface area contributed by atoms with Gasteiger partial charge in [0.15, 0.2) is 0 Å². The molecule has 1 unspecified atom stereocenters. The number of aromatic nitrogens is 2. The molecule has 1 amide bonds. The van der Waals surface area contributed by atoms with Gasteiger partial charge >= 0.3 is 0 Å². The highest BCUT2D eigenvalue weighted by Crippen LogP contribution is 2.28. The third kappa shape index (κ3) is 5.80. The number of nitrogens with one attached hydrogen (secondary N) is 1. The minimum Gasteiger partial charge on any atom is -0.498 e. The molecule has 2 aliphatic rings. The summed E-state index contributed by atoms with van der Waals surface area (Å²) in [6.07, 6.45) is 10.0. The third-order valence-corrected chi connectivity index (χ3v) is 6.24. The average Bonchev–Trinajstić information content (AvgIpc) is 3.29. The van der Waals surface area contributed by atoms with Crippen molar-refractivity contribution in [3.8, 4) is 11.1 Å². The second-order valence-corrected chi connectivity index (χ2v) is 9.29. The van der Waals surface area contributed by atoms with Gasteiger partial charge in [-0.2, -0.15) is 5.10 Å². The topological polar surface area (TPSA) is 71.8 Å². The van der Waals surface area contributed by atoms with Gasteiger partial charge in [-0.3, -0.25) is 9.79 Å². The van der Waals surface area contributed by atoms with Crippen LogP contribution in [0.15, 0.2) is 47.6 Å². The van der Waals surface area contributed by atoms with Gasteiger partial charge in [0.25, 0.3) is 5.91 Å². The van der Waals surface area contributed by atoms with Gasteiger partial charge in [-0.15, -0.1) is 0 Å². The van der Waals surface area contributed by atoms with E-state index in [1.165, 1.54) is 6.07 Å². The predicted octanol–water partition coefficient (Wildman–Crippen LogP) is 4.26. The van der Waals surface area contributed by atoms with E-state index >= 15 is 0 Å². The van der Waals surface area contributed by atoms with Gasteiger partial charge in [0.05, 0.1) is 36.0 Å². The van der Waals surface area contributed by atoms with Crippen LogP contribution in [0, 0.1) is 18.7 Å². The van der Waals surface area contributed by atoms with Crippen LogP contribution >= 0.6 is 0 Å². The monoisotopic (exact) mass is 465 g/mol. The molecule has 4 rings (SSSR count). The van der Waals surface area contributed by atoms with Gasteiger partial charge in [-0.05, 0) is 76.7 Å². The molecule has 2 heterocycles. The number of carbonyl (C=O) groups is 1. The molecule has 1 saturated heterocycles. The van der Waals surface area contributed by atoms with Gasteiger partial charge < -0.3 is 15.0 Å². The molecule has 0 spiro atoms. The quantitative estimate of drug-likeness (QED) is 0.341. The lowest BCUT2D eigenvalue weighted by atomic mass is 9.99. The van der Waals surface area contributed by atoms with Crippen molar-refractivity contribution >= 4 is 18.3 Å². The Morgan fingerprint density at radius 1 is 1.38 bits per heavy atom. The van der Waals surface area contributed by atoms with Gasteiger partial charge in [0.1, 0.15) is 5.82 Å². The lowest BCUT2D eigenvalue weighted by Gasteiger charge is -2.13. The van der Waals surface area contributed by atoms with Gasteiger partial charge in [0, 0.05) is 36.3 Å². The van der Waals surface area contributed by atoms with Crippen molar-refractivity contribution < 1.29 is 13.9 Å². The van der Waals surface area contributed by atoms with Crippen LogP contribution in [0.25, 0.3) is 16.8 Å². The van der Waals surface area contributed by atoms with Crippen molar-refractivity contribution in [2.45, 2.75) is 39.2 Å². The Bertz CT molecular complexity index is 1130. The van der Waals surface area contributed by atoms with E-state index in [-0.39, 0.29) is 17.5 Å². The number of likely N-dealkylation sites (tertiary alicyclic amines) is 1. The van der Waals surface area contributed by atoms with Crippen molar-refractivity contribution in [2.24, 2.45) is 10.9 Å². The molecule has 1 aromatic carbocycles. The fraction of sp³-hybridized carbons (Fsp3) is 0.423. The minimum atomic E-state index is -0.521. The van der Waals surface area contributed by atoms with Crippen molar-refractivity contribution in [1.82, 2.24) is 20.0 Å². The largest absolute Gasteiger partial charge is 0.498 e. The Balaban J connectivity index is 1.53. The maximum atomic E-state index is 14.5. The van der Waals surface area contributed by atoms with E-state index in [1.54, 1.807) is 23.1 Å². The molecule has 1 aromatic heterocycles. The van der Waals surface area contributed by atoms with Crippen LogP contribution in [0.1, 0.15) is 42.1 Å². The number of benzene rings is 1. The first-order valence-electron chi connectivity index (χ1n) is 11.7. The van der Waals surface area contributed by atoms with Crippen molar-refractivity contribution in [1.29, 1.82) is 0 Å². The highest BCUT2D eigenvalue weighted by molar-refractivity contribution is 5.96. The Morgan fingerprint density at radius 3 is 2.85 bits per heavy atom. The Kier molecular flexibility index (Phi) is 7.26. The smallest absolute Gasteiger partial charge is 0.254 e. The number of amides is 1. The summed E-state index contributed by atoms with van der Waals surface area (Å²) in [5, 5.41) is 7.32. The summed E-state index contributed by atoms with van der Waals surface area (Å²) in [6.45, 7) is 10.1. The molecule has 1 aliphatic carbocycles. The first kappa shape index (κ1) is 23.9. The number of nitrogens with zero attached hydrogens (tertiary/aromatic N) is 4. The second kappa shape index (κ2) is 10.3. The molecular weight excluding hydrogens is 433 g/mol. The molecule has 2 aromatic rings. The summed E-state index contributed by atoms with van der Waals surface area (Å²) in [5.41, 5.74) is 2.99. The molecule has 1 N–H and O–H groups in total. The van der Waals surface area contributed by atoms with E-state index in [1.807, 2.05) is 26.1 Å². The molecular formula is C26H32FN5O2. The van der Waals surface area contributed by atoms with Crippen LogP contribution in [0.5, 0.6) is 0 Å². The molecule has 1 saturated carbocycles. The van der Waals surface area contributed by atoms with E-state index in [0.717, 1.165) is 54.8 Å². The second-order valence-electron chi connectivity index (χ2n) is 9.29. The minimum absolute atomic E-state index is 0.0467. The maximum absolute atomic E-state index is 14.5. The molecule has 1 atom stereocenters. The normalized spacial score (nSPS) is 19.4. The number of aliphatic imine (C=N–C) groups is 1. The Morgan fingerprint density at radius 2 is 2.18 bits per heavy atom. The van der Waals surface area contributed by atoms with Crippen LogP contribution in [-0.4, -0.2) is 60.1 Å². The van der Waals surface area contributed by atoms with E-state index in [9.17, 15) is 9.18 Å². The summed E-state index contributed by atoms with van der Waals surface area (Å²) >= 11 is 0. The Hall–Kier alpha value is -3.26. The fourth-order valence-electron chi connectivity index (χ4n) is 4.17. The zero-order valence-electron chi connectivity index (χ0n) is 20.1. The van der Waals surface area contributed by atoms with E-state index in [4.69, 9.17) is 4.74 Å². The summed E-state index contributed by atoms with van der Waals surface area (Å²) in [6, 6.07) is 3.15. The number of halogens is 1. The van der Waals surface area contributed by atoms with Crippen LogP contribution in [0.4, 0.5) is 4.39 Å². The molecule has 34 heavy (non-hydrogen) atoms. The number of carbonyl (C=O) groups excluding carboxylic acids is 1. The Labute approximate surface area is 200 Å². The van der Waals surface area contributed by atoms with E-state index in [2.05, 4.69) is 34.1 Å². The van der Waals surface area contributed by atoms with Crippen molar-refractivity contribution in [3.63, 3.8) is 0 Å².